The number of rotatable bonds is 3. The number of alkyl halides is 1. The van der Waals surface area contributed by atoms with Gasteiger partial charge in [-0.15, -0.1) is 11.6 Å². The molecule has 0 aromatic heterocycles. The van der Waals surface area contributed by atoms with Crippen molar-refractivity contribution < 1.29 is 23.8 Å². The van der Waals surface area contributed by atoms with Crippen LogP contribution >= 0.6 is 11.6 Å². The number of methoxy groups -OCH3 is 3. The summed E-state index contributed by atoms with van der Waals surface area (Å²) >= 11 is 6.84. The molecule has 4 aliphatic rings. The number of carbonyl (C=O) groups is 2. The van der Waals surface area contributed by atoms with Gasteiger partial charge in [0.25, 0.3) is 0 Å². The third-order valence-electron chi connectivity index (χ3n) is 6.85. The smallest absolute Gasteiger partial charge is 0.205 e. The average Bonchev–Trinajstić information content (AvgIpc) is 3.18. The fourth-order valence-electron chi connectivity index (χ4n) is 5.94. The molecule has 7 heteroatoms. The predicted molar refractivity (Wildman–Crippen MR) is 89.9 cm³/mol. The highest BCUT2D eigenvalue weighted by Crippen LogP contribution is 2.72. The van der Waals surface area contributed by atoms with Crippen molar-refractivity contribution in [1.82, 2.24) is 5.32 Å². The summed E-state index contributed by atoms with van der Waals surface area (Å²) in [5.74, 6) is 0.826. The molecule has 0 aromatic rings. The fourth-order valence-corrected chi connectivity index (χ4v) is 6.57. The minimum Gasteiger partial charge on any atom is -0.495 e. The molecule has 0 amide bonds. The summed E-state index contributed by atoms with van der Waals surface area (Å²) in [6.45, 7) is 0.693. The zero-order valence-electron chi connectivity index (χ0n) is 14.6. The zero-order chi connectivity index (χ0) is 18.0. The van der Waals surface area contributed by atoms with Gasteiger partial charge in [0, 0.05) is 17.2 Å². The number of ether oxygens (including phenoxy) is 3. The van der Waals surface area contributed by atoms with E-state index < -0.39 is 21.7 Å². The van der Waals surface area contributed by atoms with Crippen LogP contribution in [0.25, 0.3) is 0 Å². The molecule has 1 saturated carbocycles. The standard InChI is InChI=1S/C18H22ClNO5/c1-23-11-4-5-17(14(11)22)12(19)9-18-15(25-3)13(24-2)10(21)8-16(17,18)6-7-20-18/h4,12,20H,5-9H2,1-3H3/t12-,16+,17+,18-/m0/s1. The van der Waals surface area contributed by atoms with Crippen molar-refractivity contribution in [3.05, 3.63) is 23.4 Å². The molecule has 1 heterocycles. The highest BCUT2D eigenvalue weighted by atomic mass is 35.5. The van der Waals surface area contributed by atoms with Gasteiger partial charge in [-0.25, -0.2) is 0 Å². The van der Waals surface area contributed by atoms with Crippen LogP contribution in [0.15, 0.2) is 23.4 Å². The number of halogens is 1. The zero-order valence-corrected chi connectivity index (χ0v) is 15.4. The Bertz CT molecular complexity index is 731. The van der Waals surface area contributed by atoms with Crippen LogP contribution in [0.1, 0.15) is 25.7 Å². The Hall–Kier alpha value is -1.53. The summed E-state index contributed by atoms with van der Waals surface area (Å²) in [6, 6.07) is 0. The number of Topliss-reactive ketones (excluding diaryl/α,β-unsaturated/α-hetero) is 2. The van der Waals surface area contributed by atoms with Crippen molar-refractivity contribution in [1.29, 1.82) is 0 Å². The van der Waals surface area contributed by atoms with Crippen LogP contribution in [0.4, 0.5) is 0 Å². The number of ketones is 2. The first kappa shape index (κ1) is 16.9. The van der Waals surface area contributed by atoms with Crippen molar-refractivity contribution in [3.63, 3.8) is 0 Å². The Morgan fingerprint density at radius 2 is 1.96 bits per heavy atom. The Kier molecular flexibility index (Phi) is 3.54. The van der Waals surface area contributed by atoms with Crippen molar-refractivity contribution >= 4 is 23.2 Å². The van der Waals surface area contributed by atoms with E-state index in [1.165, 1.54) is 21.3 Å². The van der Waals surface area contributed by atoms with Gasteiger partial charge in [0.1, 0.15) is 0 Å². The van der Waals surface area contributed by atoms with E-state index in [4.69, 9.17) is 25.8 Å². The predicted octanol–water partition coefficient (Wildman–Crippen LogP) is 1.68. The van der Waals surface area contributed by atoms with Crippen molar-refractivity contribution in [3.8, 4) is 0 Å². The molecule has 1 aliphatic heterocycles. The third kappa shape index (κ3) is 1.61. The summed E-state index contributed by atoms with van der Waals surface area (Å²) in [6.07, 6.45) is 3.71. The lowest BCUT2D eigenvalue weighted by Crippen LogP contribution is -2.60. The molecule has 0 unspecified atom stereocenters. The van der Waals surface area contributed by atoms with E-state index in [9.17, 15) is 9.59 Å². The summed E-state index contributed by atoms with van der Waals surface area (Å²) in [5.41, 5.74) is -2.16. The van der Waals surface area contributed by atoms with Gasteiger partial charge in [-0.2, -0.15) is 0 Å². The van der Waals surface area contributed by atoms with Gasteiger partial charge >= 0.3 is 0 Å². The summed E-state index contributed by atoms with van der Waals surface area (Å²) in [5, 5.41) is 3.10. The maximum Gasteiger partial charge on any atom is 0.205 e. The second kappa shape index (κ2) is 5.24. The largest absolute Gasteiger partial charge is 0.495 e. The number of carbonyl (C=O) groups excluding carboxylic acids is 2. The summed E-state index contributed by atoms with van der Waals surface area (Å²) in [7, 11) is 4.50. The lowest BCUT2D eigenvalue weighted by atomic mass is 9.53. The highest BCUT2D eigenvalue weighted by molar-refractivity contribution is 6.25. The first-order valence-electron chi connectivity index (χ1n) is 8.48. The van der Waals surface area contributed by atoms with Crippen LogP contribution < -0.4 is 5.32 Å². The minimum absolute atomic E-state index is 0.0929. The summed E-state index contributed by atoms with van der Waals surface area (Å²) < 4.78 is 16.3. The minimum atomic E-state index is -0.859. The number of allylic oxidation sites excluding steroid dienone is 3. The lowest BCUT2D eigenvalue weighted by molar-refractivity contribution is -0.139. The van der Waals surface area contributed by atoms with Crippen LogP contribution in [0.5, 0.6) is 0 Å². The highest BCUT2D eigenvalue weighted by Gasteiger charge is 2.80. The van der Waals surface area contributed by atoms with Crippen molar-refractivity contribution in [2.75, 3.05) is 27.9 Å². The monoisotopic (exact) mass is 367 g/mol. The Morgan fingerprint density at radius 1 is 1.20 bits per heavy atom. The molecule has 136 valence electrons. The van der Waals surface area contributed by atoms with Crippen molar-refractivity contribution in [2.24, 2.45) is 10.8 Å². The molecular formula is C18H22ClNO5. The molecule has 1 saturated heterocycles. The van der Waals surface area contributed by atoms with Crippen LogP contribution in [-0.2, 0) is 23.8 Å². The normalized spacial score (nSPS) is 42.6. The number of hydrogen-bond acceptors (Lipinski definition) is 6. The molecule has 2 fully saturated rings. The van der Waals surface area contributed by atoms with E-state index in [1.807, 2.05) is 6.08 Å². The molecule has 0 radical (unpaired) electrons. The van der Waals surface area contributed by atoms with E-state index in [-0.39, 0.29) is 23.7 Å². The summed E-state index contributed by atoms with van der Waals surface area (Å²) in [4.78, 5) is 26.2. The quantitative estimate of drug-likeness (QED) is 0.765. The fraction of sp³-hybridized carbons (Fsp3) is 0.667. The van der Waals surface area contributed by atoms with E-state index >= 15 is 0 Å². The van der Waals surface area contributed by atoms with E-state index in [0.717, 1.165) is 0 Å². The van der Waals surface area contributed by atoms with Crippen LogP contribution in [0, 0.1) is 10.8 Å². The second-order valence-corrected chi connectivity index (χ2v) is 7.81. The van der Waals surface area contributed by atoms with Crippen molar-refractivity contribution in [2.45, 2.75) is 36.6 Å². The van der Waals surface area contributed by atoms with E-state index in [0.29, 0.717) is 37.3 Å². The topological polar surface area (TPSA) is 73.9 Å². The Morgan fingerprint density at radius 3 is 2.56 bits per heavy atom. The van der Waals surface area contributed by atoms with Gasteiger partial charge in [-0.1, -0.05) is 0 Å². The molecular weight excluding hydrogens is 346 g/mol. The first-order valence-corrected chi connectivity index (χ1v) is 8.92. The Balaban J connectivity index is 1.96. The Labute approximate surface area is 151 Å². The molecule has 1 N–H and O–H groups in total. The first-order chi connectivity index (χ1) is 11.9. The average molecular weight is 368 g/mol. The van der Waals surface area contributed by atoms with Gasteiger partial charge in [0.15, 0.2) is 11.5 Å². The molecule has 3 aliphatic carbocycles. The van der Waals surface area contributed by atoms with Crippen LogP contribution in [0.3, 0.4) is 0 Å². The van der Waals surface area contributed by atoms with Crippen LogP contribution in [0.2, 0.25) is 0 Å². The molecule has 0 aromatic carbocycles. The molecule has 6 nitrogen and oxygen atoms in total. The maximum atomic E-state index is 13.3. The number of hydrogen-bond donors (Lipinski definition) is 1. The second-order valence-electron chi connectivity index (χ2n) is 7.28. The molecule has 1 spiro atoms. The molecule has 4 rings (SSSR count). The third-order valence-corrected chi connectivity index (χ3v) is 7.37. The van der Waals surface area contributed by atoms with Gasteiger partial charge in [0.2, 0.25) is 17.3 Å². The maximum absolute atomic E-state index is 13.3. The lowest BCUT2D eigenvalue weighted by Gasteiger charge is -2.50. The SMILES string of the molecule is COC1=CC[C@]2(C1=O)[C@@H](Cl)C[C@@]13NCC[C@]12CC(=O)C(OC)=C3OC. The number of nitrogens with one attached hydrogen (secondary N) is 1. The van der Waals surface area contributed by atoms with Gasteiger partial charge in [0.05, 0.1) is 32.3 Å². The van der Waals surface area contributed by atoms with Crippen LogP contribution in [-0.4, -0.2) is 50.4 Å². The van der Waals surface area contributed by atoms with E-state index in [2.05, 4.69) is 5.32 Å². The molecule has 4 atom stereocenters. The van der Waals surface area contributed by atoms with Gasteiger partial charge < -0.3 is 19.5 Å². The van der Waals surface area contributed by atoms with Gasteiger partial charge in [-0.05, 0) is 31.9 Å². The molecule has 0 bridgehead atoms. The molecule has 25 heavy (non-hydrogen) atoms. The van der Waals surface area contributed by atoms with Gasteiger partial charge in [-0.3, -0.25) is 9.59 Å². The van der Waals surface area contributed by atoms with E-state index in [1.54, 1.807) is 0 Å².